The van der Waals surface area contributed by atoms with Gasteiger partial charge in [-0.15, -0.1) is 0 Å². The van der Waals surface area contributed by atoms with Crippen molar-refractivity contribution in [2.24, 2.45) is 0 Å². The fourth-order valence-electron chi connectivity index (χ4n) is 2.90. The van der Waals surface area contributed by atoms with Gasteiger partial charge in [-0.25, -0.2) is 9.50 Å². The highest BCUT2D eigenvalue weighted by Crippen LogP contribution is 2.36. The van der Waals surface area contributed by atoms with Crippen molar-refractivity contribution in [3.8, 4) is 22.4 Å². The number of nitrogens with zero attached hydrogens (tertiary/aromatic N) is 4. The second kappa shape index (κ2) is 6.57. The van der Waals surface area contributed by atoms with Gasteiger partial charge in [0.05, 0.1) is 17.5 Å². The zero-order valence-corrected chi connectivity index (χ0v) is 14.3. The van der Waals surface area contributed by atoms with Crippen LogP contribution in [-0.2, 0) is 12.4 Å². The molecule has 1 aromatic carbocycles. The van der Waals surface area contributed by atoms with E-state index in [4.69, 9.17) is 0 Å². The van der Waals surface area contributed by atoms with Crippen LogP contribution in [0.1, 0.15) is 11.3 Å². The van der Waals surface area contributed by atoms with Gasteiger partial charge in [0, 0.05) is 23.5 Å². The average Bonchev–Trinajstić information content (AvgIpc) is 3.10. The largest absolute Gasteiger partial charge is 0.433 e. The summed E-state index contributed by atoms with van der Waals surface area (Å²) in [5, 5.41) is 3.79. The lowest BCUT2D eigenvalue weighted by Crippen LogP contribution is -2.14. The molecule has 0 aliphatic rings. The van der Waals surface area contributed by atoms with E-state index in [0.717, 1.165) is 18.2 Å². The average molecular weight is 408 g/mol. The van der Waals surface area contributed by atoms with Crippen LogP contribution in [0.2, 0.25) is 0 Å². The van der Waals surface area contributed by atoms with E-state index < -0.39 is 23.6 Å². The molecule has 0 spiro atoms. The lowest BCUT2D eigenvalue weighted by atomic mass is 10.1. The molecule has 3 aromatic heterocycles. The molecule has 0 saturated carbocycles. The zero-order valence-electron chi connectivity index (χ0n) is 14.3. The molecular weight excluding hydrogens is 398 g/mol. The minimum atomic E-state index is -4.79. The molecule has 0 aliphatic heterocycles. The SMILES string of the molecule is FC(F)(F)c1cccc(-c2cc(C(F)(F)F)n3ncc(-c4ccncc4)c3n2)c1. The number of fused-ring (bicyclic) bond motifs is 1. The molecule has 0 saturated heterocycles. The molecule has 0 bridgehead atoms. The second-order valence-electron chi connectivity index (χ2n) is 6.13. The molecule has 0 amide bonds. The molecule has 3 heterocycles. The van der Waals surface area contributed by atoms with Crippen LogP contribution in [0.3, 0.4) is 0 Å². The monoisotopic (exact) mass is 408 g/mol. The highest BCUT2D eigenvalue weighted by atomic mass is 19.4. The molecule has 4 rings (SSSR count). The molecule has 4 aromatic rings. The Morgan fingerprint density at radius 1 is 0.793 bits per heavy atom. The van der Waals surface area contributed by atoms with E-state index in [0.29, 0.717) is 21.7 Å². The fraction of sp³-hybridized carbons (Fsp3) is 0.105. The number of hydrogen-bond donors (Lipinski definition) is 0. The van der Waals surface area contributed by atoms with Gasteiger partial charge in [-0.3, -0.25) is 4.98 Å². The Labute approximate surface area is 159 Å². The summed E-state index contributed by atoms with van der Waals surface area (Å²) in [5.74, 6) is 0. The van der Waals surface area contributed by atoms with E-state index in [2.05, 4.69) is 15.1 Å². The third kappa shape index (κ3) is 3.53. The third-order valence-corrected chi connectivity index (χ3v) is 4.24. The predicted octanol–water partition coefficient (Wildman–Crippen LogP) is 5.50. The Morgan fingerprint density at radius 3 is 2.17 bits per heavy atom. The van der Waals surface area contributed by atoms with E-state index in [-0.39, 0.29) is 16.9 Å². The molecule has 4 nitrogen and oxygen atoms in total. The van der Waals surface area contributed by atoms with E-state index in [1.54, 1.807) is 12.1 Å². The number of halogens is 6. The summed E-state index contributed by atoms with van der Waals surface area (Å²) < 4.78 is 80.5. The molecule has 0 unspecified atom stereocenters. The Kier molecular flexibility index (Phi) is 4.29. The molecule has 0 fully saturated rings. The Hall–Kier alpha value is -3.43. The van der Waals surface area contributed by atoms with Gasteiger partial charge in [-0.1, -0.05) is 12.1 Å². The third-order valence-electron chi connectivity index (χ3n) is 4.24. The highest BCUT2D eigenvalue weighted by Gasteiger charge is 2.36. The van der Waals surface area contributed by atoms with E-state index in [1.807, 2.05) is 0 Å². The molecule has 29 heavy (non-hydrogen) atoms. The molecule has 10 heteroatoms. The number of hydrogen-bond acceptors (Lipinski definition) is 3. The lowest BCUT2D eigenvalue weighted by molar-refractivity contribution is -0.142. The quantitative estimate of drug-likeness (QED) is 0.412. The highest BCUT2D eigenvalue weighted by molar-refractivity contribution is 5.78. The minimum absolute atomic E-state index is 0.0882. The molecule has 0 N–H and O–H groups in total. The van der Waals surface area contributed by atoms with Crippen LogP contribution in [0, 0.1) is 0 Å². The maximum absolute atomic E-state index is 13.6. The first-order valence-corrected chi connectivity index (χ1v) is 8.18. The van der Waals surface area contributed by atoms with Crippen LogP contribution in [0.4, 0.5) is 26.3 Å². The van der Waals surface area contributed by atoms with Crippen molar-refractivity contribution >= 4 is 5.65 Å². The van der Waals surface area contributed by atoms with Gasteiger partial charge in [0.1, 0.15) is 0 Å². The summed E-state index contributed by atoms with van der Waals surface area (Å²) in [7, 11) is 0. The van der Waals surface area contributed by atoms with Crippen molar-refractivity contribution in [1.82, 2.24) is 19.6 Å². The summed E-state index contributed by atoms with van der Waals surface area (Å²) in [6, 6.07) is 7.83. The van der Waals surface area contributed by atoms with Crippen molar-refractivity contribution in [2.45, 2.75) is 12.4 Å². The topological polar surface area (TPSA) is 43.1 Å². The molecule has 0 atom stereocenters. The standard InChI is InChI=1S/C19H10F6N4/c20-18(21,22)13-3-1-2-12(8-13)15-9-16(19(23,24)25)29-17(28-15)14(10-27-29)11-4-6-26-7-5-11/h1-10H. The van der Waals surface area contributed by atoms with Gasteiger partial charge >= 0.3 is 12.4 Å². The van der Waals surface area contributed by atoms with Gasteiger partial charge < -0.3 is 0 Å². The van der Waals surface area contributed by atoms with Crippen LogP contribution >= 0.6 is 0 Å². The van der Waals surface area contributed by atoms with Gasteiger partial charge in [0.15, 0.2) is 11.3 Å². The van der Waals surface area contributed by atoms with Crippen molar-refractivity contribution < 1.29 is 26.3 Å². The normalized spacial score (nSPS) is 12.5. The zero-order chi connectivity index (χ0) is 20.8. The van der Waals surface area contributed by atoms with E-state index >= 15 is 0 Å². The first-order valence-electron chi connectivity index (χ1n) is 8.18. The Morgan fingerprint density at radius 2 is 1.52 bits per heavy atom. The summed E-state index contributed by atoms with van der Waals surface area (Å²) in [6.07, 6.45) is -5.28. The van der Waals surface area contributed by atoms with Gasteiger partial charge in [0.25, 0.3) is 0 Å². The summed E-state index contributed by atoms with van der Waals surface area (Å²) in [5.41, 5.74) is -1.76. The van der Waals surface area contributed by atoms with Crippen LogP contribution in [0.25, 0.3) is 28.0 Å². The van der Waals surface area contributed by atoms with Crippen LogP contribution in [0.15, 0.2) is 61.1 Å². The summed E-state index contributed by atoms with van der Waals surface area (Å²) >= 11 is 0. The molecule has 0 aliphatic carbocycles. The van der Waals surface area contributed by atoms with E-state index in [1.165, 1.54) is 24.7 Å². The Balaban J connectivity index is 1.99. The van der Waals surface area contributed by atoms with Gasteiger partial charge in [0.2, 0.25) is 0 Å². The van der Waals surface area contributed by atoms with Crippen molar-refractivity contribution in [1.29, 1.82) is 0 Å². The number of pyridine rings is 1. The van der Waals surface area contributed by atoms with Crippen LogP contribution < -0.4 is 0 Å². The maximum Gasteiger partial charge on any atom is 0.433 e. The number of aromatic nitrogens is 4. The van der Waals surface area contributed by atoms with Crippen molar-refractivity contribution in [3.63, 3.8) is 0 Å². The van der Waals surface area contributed by atoms with Gasteiger partial charge in [-0.2, -0.15) is 31.4 Å². The molecule has 148 valence electrons. The molecule has 0 radical (unpaired) electrons. The maximum atomic E-state index is 13.6. The second-order valence-corrected chi connectivity index (χ2v) is 6.13. The van der Waals surface area contributed by atoms with Gasteiger partial charge in [-0.05, 0) is 35.9 Å². The van der Waals surface area contributed by atoms with Crippen LogP contribution in [-0.4, -0.2) is 19.6 Å². The lowest BCUT2D eigenvalue weighted by Gasteiger charge is -2.13. The smallest absolute Gasteiger partial charge is 0.265 e. The minimum Gasteiger partial charge on any atom is -0.265 e. The molecular formula is C19H10F6N4. The number of benzene rings is 1. The van der Waals surface area contributed by atoms with Crippen molar-refractivity contribution in [3.05, 3.63) is 72.3 Å². The van der Waals surface area contributed by atoms with Crippen molar-refractivity contribution in [2.75, 3.05) is 0 Å². The first-order chi connectivity index (χ1) is 13.6. The summed E-state index contributed by atoms with van der Waals surface area (Å²) in [4.78, 5) is 8.05. The Bertz CT molecular complexity index is 1180. The summed E-state index contributed by atoms with van der Waals surface area (Å²) in [6.45, 7) is 0. The van der Waals surface area contributed by atoms with Crippen LogP contribution in [0.5, 0.6) is 0 Å². The fourth-order valence-corrected chi connectivity index (χ4v) is 2.90. The number of rotatable bonds is 2. The predicted molar refractivity (Wildman–Crippen MR) is 91.7 cm³/mol. The number of alkyl halides is 6. The first kappa shape index (κ1) is 18.9. The van der Waals surface area contributed by atoms with E-state index in [9.17, 15) is 26.3 Å².